The summed E-state index contributed by atoms with van der Waals surface area (Å²) in [5, 5.41) is 0. The standard InChI is InChI=1S/C16H26O2.CH3F/c1-12(2)6-7-14-8-10-15(11-9-14)18-16(17-5)13(3)4;1-2/h8-13,16H,6-7H2,1-5H3;1H3. The Morgan fingerprint density at radius 2 is 1.55 bits per heavy atom. The van der Waals surface area contributed by atoms with Crippen LogP contribution in [0.25, 0.3) is 0 Å². The van der Waals surface area contributed by atoms with E-state index >= 15 is 0 Å². The van der Waals surface area contributed by atoms with Crippen molar-refractivity contribution in [2.45, 2.75) is 46.8 Å². The molecule has 0 amide bonds. The van der Waals surface area contributed by atoms with Crippen LogP contribution in [-0.2, 0) is 11.2 Å². The van der Waals surface area contributed by atoms with Crippen molar-refractivity contribution in [2.75, 3.05) is 14.3 Å². The molecule has 2 nitrogen and oxygen atoms in total. The molecule has 0 aliphatic heterocycles. The lowest BCUT2D eigenvalue weighted by atomic mass is 10.0. The van der Waals surface area contributed by atoms with Gasteiger partial charge in [-0.05, 0) is 36.5 Å². The number of hydrogen-bond acceptors (Lipinski definition) is 2. The fourth-order valence-electron chi connectivity index (χ4n) is 1.78. The molecule has 20 heavy (non-hydrogen) atoms. The fourth-order valence-corrected chi connectivity index (χ4v) is 1.78. The predicted molar refractivity (Wildman–Crippen MR) is 82.9 cm³/mol. The number of halogens is 1. The quantitative estimate of drug-likeness (QED) is 0.665. The van der Waals surface area contributed by atoms with Crippen molar-refractivity contribution in [2.24, 2.45) is 11.8 Å². The number of ether oxygens (including phenoxy) is 2. The summed E-state index contributed by atoms with van der Waals surface area (Å²) < 4.78 is 20.6. The van der Waals surface area contributed by atoms with Crippen LogP contribution in [0.15, 0.2) is 24.3 Å². The molecule has 0 bridgehead atoms. The first-order valence-corrected chi connectivity index (χ1v) is 7.19. The van der Waals surface area contributed by atoms with Crippen LogP contribution in [0, 0.1) is 11.8 Å². The molecule has 116 valence electrons. The van der Waals surface area contributed by atoms with E-state index in [1.807, 2.05) is 12.1 Å². The summed E-state index contributed by atoms with van der Waals surface area (Å²) in [5.74, 6) is 1.97. The smallest absolute Gasteiger partial charge is 0.201 e. The van der Waals surface area contributed by atoms with E-state index < -0.39 is 0 Å². The highest BCUT2D eigenvalue weighted by atomic mass is 19.1. The zero-order valence-electron chi connectivity index (χ0n) is 13.7. The molecule has 0 aromatic heterocycles. The van der Waals surface area contributed by atoms with Crippen LogP contribution in [0.2, 0.25) is 0 Å². The Labute approximate surface area is 123 Å². The highest BCUT2D eigenvalue weighted by Gasteiger charge is 2.13. The summed E-state index contributed by atoms with van der Waals surface area (Å²) in [6.07, 6.45) is 2.19. The van der Waals surface area contributed by atoms with Crippen molar-refractivity contribution in [3.63, 3.8) is 0 Å². The van der Waals surface area contributed by atoms with E-state index in [2.05, 4.69) is 39.8 Å². The maximum atomic E-state index is 9.50. The fraction of sp³-hybridized carbons (Fsp3) is 0.647. The van der Waals surface area contributed by atoms with E-state index in [0.29, 0.717) is 13.1 Å². The van der Waals surface area contributed by atoms with E-state index in [1.165, 1.54) is 12.0 Å². The van der Waals surface area contributed by atoms with Gasteiger partial charge in [-0.1, -0.05) is 39.8 Å². The van der Waals surface area contributed by atoms with Crippen LogP contribution in [0.5, 0.6) is 5.75 Å². The summed E-state index contributed by atoms with van der Waals surface area (Å²) in [6.45, 7) is 8.68. The molecule has 0 fully saturated rings. The largest absolute Gasteiger partial charge is 0.465 e. The SMILES string of the molecule is CF.COC(Oc1ccc(CCC(C)C)cc1)C(C)C. The second kappa shape index (κ2) is 10.7. The normalized spacial score (nSPS) is 12.1. The number of aryl methyl sites for hydroxylation is 1. The van der Waals surface area contributed by atoms with E-state index in [-0.39, 0.29) is 6.29 Å². The molecule has 0 saturated heterocycles. The van der Waals surface area contributed by atoms with Gasteiger partial charge in [-0.15, -0.1) is 0 Å². The number of methoxy groups -OCH3 is 1. The Morgan fingerprint density at radius 3 is 1.95 bits per heavy atom. The van der Waals surface area contributed by atoms with Crippen LogP contribution < -0.4 is 4.74 Å². The molecule has 0 aliphatic rings. The molecule has 0 aliphatic carbocycles. The third-order valence-corrected chi connectivity index (χ3v) is 2.96. The molecular weight excluding hydrogens is 255 g/mol. The van der Waals surface area contributed by atoms with Gasteiger partial charge in [0.05, 0.1) is 7.18 Å². The van der Waals surface area contributed by atoms with Crippen molar-refractivity contribution in [3.05, 3.63) is 29.8 Å². The summed E-state index contributed by atoms with van der Waals surface area (Å²) in [4.78, 5) is 0. The molecule has 0 heterocycles. The average molecular weight is 284 g/mol. The van der Waals surface area contributed by atoms with Crippen LogP contribution >= 0.6 is 0 Å². The average Bonchev–Trinajstić information content (AvgIpc) is 2.45. The molecule has 1 atom stereocenters. The Bertz CT molecular complexity index is 333. The van der Waals surface area contributed by atoms with Crippen molar-refractivity contribution in [1.29, 1.82) is 0 Å². The minimum Gasteiger partial charge on any atom is -0.465 e. The molecule has 3 heteroatoms. The first kappa shape index (κ1) is 18.9. The van der Waals surface area contributed by atoms with Gasteiger partial charge < -0.3 is 9.47 Å². The number of rotatable bonds is 7. The highest BCUT2D eigenvalue weighted by Crippen LogP contribution is 2.18. The lowest BCUT2D eigenvalue weighted by molar-refractivity contribution is -0.0833. The van der Waals surface area contributed by atoms with Gasteiger partial charge in [0.15, 0.2) is 0 Å². The summed E-state index contributed by atoms with van der Waals surface area (Å²) in [7, 11) is 2.18. The molecule has 1 aromatic rings. The van der Waals surface area contributed by atoms with Gasteiger partial charge >= 0.3 is 0 Å². The second-order valence-corrected chi connectivity index (χ2v) is 5.54. The number of benzene rings is 1. The maximum absolute atomic E-state index is 9.50. The molecule has 0 saturated carbocycles. The van der Waals surface area contributed by atoms with Crippen LogP contribution in [0.4, 0.5) is 4.39 Å². The second-order valence-electron chi connectivity index (χ2n) is 5.54. The van der Waals surface area contributed by atoms with Crippen LogP contribution in [0.3, 0.4) is 0 Å². The molecule has 1 rings (SSSR count). The van der Waals surface area contributed by atoms with Crippen molar-refractivity contribution >= 4 is 0 Å². The Hall–Kier alpha value is -1.09. The van der Waals surface area contributed by atoms with Gasteiger partial charge in [0.25, 0.3) is 0 Å². The van der Waals surface area contributed by atoms with Crippen LogP contribution in [0.1, 0.15) is 39.7 Å². The third-order valence-electron chi connectivity index (χ3n) is 2.96. The van der Waals surface area contributed by atoms with E-state index in [4.69, 9.17) is 9.47 Å². The molecule has 0 spiro atoms. The molecule has 0 radical (unpaired) electrons. The lowest BCUT2D eigenvalue weighted by Crippen LogP contribution is -2.24. The molecule has 0 N–H and O–H groups in total. The van der Waals surface area contributed by atoms with Crippen LogP contribution in [-0.4, -0.2) is 20.6 Å². The van der Waals surface area contributed by atoms with E-state index in [0.717, 1.165) is 18.1 Å². The van der Waals surface area contributed by atoms with Gasteiger partial charge in [-0.25, -0.2) is 0 Å². The monoisotopic (exact) mass is 284 g/mol. The highest BCUT2D eigenvalue weighted by molar-refractivity contribution is 5.27. The van der Waals surface area contributed by atoms with Crippen molar-refractivity contribution < 1.29 is 13.9 Å². The van der Waals surface area contributed by atoms with Gasteiger partial charge in [0, 0.05) is 13.0 Å². The first-order chi connectivity index (χ1) is 9.52. The Kier molecular flexibility index (Phi) is 10.1. The topological polar surface area (TPSA) is 18.5 Å². The van der Waals surface area contributed by atoms with Gasteiger partial charge in [0.2, 0.25) is 6.29 Å². The van der Waals surface area contributed by atoms with Gasteiger partial charge in [-0.3, -0.25) is 4.39 Å². The van der Waals surface area contributed by atoms with E-state index in [1.54, 1.807) is 7.11 Å². The zero-order valence-corrected chi connectivity index (χ0v) is 13.7. The van der Waals surface area contributed by atoms with Crippen molar-refractivity contribution in [1.82, 2.24) is 0 Å². The summed E-state index contributed by atoms with van der Waals surface area (Å²) in [5.41, 5.74) is 1.37. The molecular formula is C17H29FO2. The van der Waals surface area contributed by atoms with Gasteiger partial charge in [-0.2, -0.15) is 0 Å². The Balaban J connectivity index is 0.00000172. The van der Waals surface area contributed by atoms with Gasteiger partial charge in [0.1, 0.15) is 5.75 Å². The summed E-state index contributed by atoms with van der Waals surface area (Å²) >= 11 is 0. The minimum atomic E-state index is -0.175. The van der Waals surface area contributed by atoms with E-state index in [9.17, 15) is 4.39 Å². The molecule has 1 aromatic carbocycles. The predicted octanol–water partition coefficient (Wildman–Crippen LogP) is 4.87. The summed E-state index contributed by atoms with van der Waals surface area (Å²) in [6, 6.07) is 8.35. The number of alkyl halides is 1. The molecule has 1 unspecified atom stereocenters. The lowest BCUT2D eigenvalue weighted by Gasteiger charge is -2.20. The minimum absolute atomic E-state index is 0.175. The third kappa shape index (κ3) is 7.49. The maximum Gasteiger partial charge on any atom is 0.201 e. The zero-order chi connectivity index (χ0) is 15.5. The van der Waals surface area contributed by atoms with Crippen molar-refractivity contribution in [3.8, 4) is 5.75 Å². The first-order valence-electron chi connectivity index (χ1n) is 7.19. The number of hydrogen-bond donors (Lipinski definition) is 0. The Morgan fingerprint density at radius 1 is 1.00 bits per heavy atom.